The highest BCUT2D eigenvalue weighted by molar-refractivity contribution is 6.11. The average Bonchev–Trinajstić information content (AvgIpc) is 3.63. The average molecular weight is 717 g/mol. The molecular formula is C54H40N2. The molecule has 0 unspecified atom stereocenters. The van der Waals surface area contributed by atoms with E-state index in [1.54, 1.807) is 0 Å². The second-order valence-electron chi connectivity index (χ2n) is 16.5. The van der Waals surface area contributed by atoms with Crippen LogP contribution in [-0.4, -0.2) is 9.97 Å². The number of nitrogens with zero attached hydrogens (tertiary/aromatic N) is 2. The van der Waals surface area contributed by atoms with Crippen LogP contribution in [0.5, 0.6) is 0 Å². The predicted molar refractivity (Wildman–Crippen MR) is 234 cm³/mol. The quantitative estimate of drug-likeness (QED) is 0.181. The van der Waals surface area contributed by atoms with Gasteiger partial charge < -0.3 is 0 Å². The molecule has 9 aromatic rings. The second-order valence-corrected chi connectivity index (χ2v) is 16.5. The van der Waals surface area contributed by atoms with E-state index in [9.17, 15) is 0 Å². The van der Waals surface area contributed by atoms with E-state index in [0.29, 0.717) is 0 Å². The van der Waals surface area contributed by atoms with E-state index >= 15 is 0 Å². The molecule has 2 heteroatoms. The van der Waals surface area contributed by atoms with E-state index in [2.05, 4.69) is 191 Å². The molecule has 0 amide bonds. The van der Waals surface area contributed by atoms with Gasteiger partial charge >= 0.3 is 0 Å². The van der Waals surface area contributed by atoms with E-state index in [1.807, 2.05) is 6.07 Å². The first-order chi connectivity index (χ1) is 27.3. The monoisotopic (exact) mass is 716 g/mol. The van der Waals surface area contributed by atoms with E-state index in [0.717, 1.165) is 33.9 Å². The van der Waals surface area contributed by atoms with Crippen LogP contribution >= 0.6 is 0 Å². The number of fused-ring (bicyclic) bond motifs is 9. The van der Waals surface area contributed by atoms with E-state index < -0.39 is 0 Å². The zero-order valence-electron chi connectivity index (χ0n) is 32.1. The Balaban J connectivity index is 1.11. The number of hydrogen-bond donors (Lipinski definition) is 0. The number of aromatic nitrogens is 2. The zero-order chi connectivity index (χ0) is 37.8. The van der Waals surface area contributed by atoms with Gasteiger partial charge in [-0.3, -0.25) is 0 Å². The van der Waals surface area contributed by atoms with Crippen molar-refractivity contribution in [3.05, 3.63) is 192 Å². The van der Waals surface area contributed by atoms with Gasteiger partial charge in [0.1, 0.15) is 0 Å². The summed E-state index contributed by atoms with van der Waals surface area (Å²) in [7, 11) is 0. The van der Waals surface area contributed by atoms with Gasteiger partial charge in [-0.15, -0.1) is 0 Å². The molecular weight excluding hydrogens is 677 g/mol. The van der Waals surface area contributed by atoms with Gasteiger partial charge in [-0.25, -0.2) is 9.97 Å². The van der Waals surface area contributed by atoms with Crippen molar-refractivity contribution in [3.63, 3.8) is 0 Å². The fourth-order valence-electron chi connectivity index (χ4n) is 9.84. The molecule has 8 aromatic carbocycles. The number of rotatable bonds is 4. The van der Waals surface area contributed by atoms with Crippen LogP contribution < -0.4 is 0 Å². The summed E-state index contributed by atoms with van der Waals surface area (Å²) in [5.74, 6) is 0.723. The summed E-state index contributed by atoms with van der Waals surface area (Å²) in [4.78, 5) is 10.6. The number of benzene rings is 8. The Morgan fingerprint density at radius 2 is 0.929 bits per heavy atom. The molecule has 0 fully saturated rings. The van der Waals surface area contributed by atoms with Crippen molar-refractivity contribution in [3.8, 4) is 67.3 Å². The summed E-state index contributed by atoms with van der Waals surface area (Å²) in [6.07, 6.45) is 0. The van der Waals surface area contributed by atoms with Gasteiger partial charge in [0.15, 0.2) is 5.82 Å². The minimum absolute atomic E-state index is 0.105. The lowest BCUT2D eigenvalue weighted by Gasteiger charge is -2.22. The third-order valence-electron chi connectivity index (χ3n) is 12.7. The van der Waals surface area contributed by atoms with Crippen molar-refractivity contribution in [2.24, 2.45) is 0 Å². The third kappa shape index (κ3) is 4.69. The van der Waals surface area contributed by atoms with Gasteiger partial charge in [-0.1, -0.05) is 185 Å². The fraction of sp³-hybridized carbons (Fsp3) is 0.111. The normalized spacial score (nSPS) is 14.4. The summed E-state index contributed by atoms with van der Waals surface area (Å²) >= 11 is 0. The summed E-state index contributed by atoms with van der Waals surface area (Å²) in [6.45, 7) is 9.41. The largest absolute Gasteiger partial charge is 0.228 e. The van der Waals surface area contributed by atoms with Gasteiger partial charge in [0.05, 0.1) is 11.4 Å². The molecule has 1 heterocycles. The highest BCUT2D eigenvalue weighted by atomic mass is 14.9. The maximum Gasteiger partial charge on any atom is 0.160 e. The Morgan fingerprint density at radius 3 is 1.77 bits per heavy atom. The molecule has 0 saturated carbocycles. The minimum Gasteiger partial charge on any atom is -0.228 e. The zero-order valence-corrected chi connectivity index (χ0v) is 32.1. The molecule has 0 atom stereocenters. The van der Waals surface area contributed by atoms with Gasteiger partial charge in [-0.2, -0.15) is 0 Å². The van der Waals surface area contributed by atoms with Gasteiger partial charge in [-0.05, 0) is 89.3 Å². The molecule has 56 heavy (non-hydrogen) atoms. The van der Waals surface area contributed by atoms with Crippen LogP contribution in [0, 0.1) is 0 Å². The summed E-state index contributed by atoms with van der Waals surface area (Å²) in [5, 5.41) is 4.97. The highest BCUT2D eigenvalue weighted by Crippen LogP contribution is 2.55. The molecule has 11 rings (SSSR count). The molecule has 266 valence electrons. The Kier molecular flexibility index (Phi) is 6.98. The maximum absolute atomic E-state index is 5.32. The lowest BCUT2D eigenvalue weighted by molar-refractivity contribution is 0.660. The van der Waals surface area contributed by atoms with Crippen LogP contribution in [0.15, 0.2) is 170 Å². The Morgan fingerprint density at radius 1 is 0.339 bits per heavy atom. The summed E-state index contributed by atoms with van der Waals surface area (Å²) in [5.41, 5.74) is 18.1. The number of hydrogen-bond acceptors (Lipinski definition) is 2. The highest BCUT2D eigenvalue weighted by Gasteiger charge is 2.38. The van der Waals surface area contributed by atoms with Gasteiger partial charge in [0, 0.05) is 27.5 Å². The molecule has 2 nitrogen and oxygen atoms in total. The van der Waals surface area contributed by atoms with Crippen LogP contribution in [-0.2, 0) is 10.8 Å². The van der Waals surface area contributed by atoms with Crippen molar-refractivity contribution in [1.29, 1.82) is 0 Å². The van der Waals surface area contributed by atoms with Crippen LogP contribution in [0.25, 0.3) is 88.8 Å². The van der Waals surface area contributed by atoms with Crippen molar-refractivity contribution in [2.75, 3.05) is 0 Å². The fourth-order valence-corrected chi connectivity index (χ4v) is 9.84. The van der Waals surface area contributed by atoms with Crippen LogP contribution in [0.1, 0.15) is 49.9 Å². The van der Waals surface area contributed by atoms with Crippen molar-refractivity contribution >= 4 is 21.5 Å². The lowest BCUT2D eigenvalue weighted by Crippen LogP contribution is -2.14. The molecule has 2 aliphatic rings. The standard InChI is InChI=1S/C54H40N2/c1-53(2)44-23-13-12-21-40(44)41-27-25-35(31-47(41)53)48-32-49(56-52(55-48)34-16-6-5-7-17-34)42-29-28-39(37-19-10-11-20-38(37)42)43-22-14-24-45-51(43)50-36-18-9-8-15-33(36)26-30-46(50)54(45,3)4/h5-32H,1-4H3. The third-order valence-corrected chi connectivity index (χ3v) is 12.7. The first kappa shape index (κ1) is 32.8. The van der Waals surface area contributed by atoms with E-state index in [4.69, 9.17) is 9.97 Å². The predicted octanol–water partition coefficient (Wildman–Crippen LogP) is 14.1. The minimum atomic E-state index is -0.110. The SMILES string of the molecule is CC1(C)c2ccccc2-c2ccc(-c3cc(-c4ccc(-c5cccc6c5-c5c(ccc7ccccc57)C6(C)C)c5ccccc45)nc(-c4ccccc4)n3)cc21. The topological polar surface area (TPSA) is 25.8 Å². The smallest absolute Gasteiger partial charge is 0.160 e. The van der Waals surface area contributed by atoms with E-state index in [1.165, 1.54) is 77.2 Å². The van der Waals surface area contributed by atoms with Gasteiger partial charge in [0.2, 0.25) is 0 Å². The molecule has 0 spiro atoms. The molecule has 1 aromatic heterocycles. The van der Waals surface area contributed by atoms with Crippen molar-refractivity contribution in [2.45, 2.75) is 38.5 Å². The molecule has 0 bridgehead atoms. The first-order valence-electron chi connectivity index (χ1n) is 19.7. The lowest BCUT2D eigenvalue weighted by atomic mass is 9.81. The van der Waals surface area contributed by atoms with Crippen molar-refractivity contribution in [1.82, 2.24) is 9.97 Å². The van der Waals surface area contributed by atoms with Gasteiger partial charge in [0.25, 0.3) is 0 Å². The molecule has 0 radical (unpaired) electrons. The Bertz CT molecular complexity index is 3080. The Labute approximate surface area is 328 Å². The summed E-state index contributed by atoms with van der Waals surface area (Å²) in [6, 6.07) is 62.0. The van der Waals surface area contributed by atoms with Crippen LogP contribution in [0.3, 0.4) is 0 Å². The molecule has 2 aliphatic carbocycles. The maximum atomic E-state index is 5.32. The first-order valence-corrected chi connectivity index (χ1v) is 19.7. The molecule has 0 aliphatic heterocycles. The molecule has 0 N–H and O–H groups in total. The van der Waals surface area contributed by atoms with Crippen LogP contribution in [0.2, 0.25) is 0 Å². The Hall–Kier alpha value is -6.64. The summed E-state index contributed by atoms with van der Waals surface area (Å²) < 4.78 is 0. The molecule has 0 saturated heterocycles. The van der Waals surface area contributed by atoms with Crippen LogP contribution in [0.4, 0.5) is 0 Å². The van der Waals surface area contributed by atoms with Crippen molar-refractivity contribution < 1.29 is 0 Å². The van der Waals surface area contributed by atoms with E-state index in [-0.39, 0.29) is 10.8 Å². The second kappa shape index (κ2) is 11.9.